The van der Waals surface area contributed by atoms with Crippen LogP contribution in [0.3, 0.4) is 0 Å². The predicted molar refractivity (Wildman–Crippen MR) is 138 cm³/mol. The van der Waals surface area contributed by atoms with Crippen molar-refractivity contribution in [1.29, 1.82) is 0 Å². The number of aliphatic hydroxyl groups is 1. The van der Waals surface area contributed by atoms with E-state index in [-0.39, 0.29) is 12.2 Å². The molecule has 5 heteroatoms. The lowest BCUT2D eigenvalue weighted by atomic mass is 9.87. The lowest BCUT2D eigenvalue weighted by Crippen LogP contribution is -2.41. The lowest BCUT2D eigenvalue weighted by molar-refractivity contribution is -0.136. The Kier molecular flexibility index (Phi) is 5.62. The molecule has 0 saturated carbocycles. The number of aryl methyl sites for hydroxylation is 2. The minimum atomic E-state index is -1.93. The van der Waals surface area contributed by atoms with Crippen LogP contribution in [0.25, 0.3) is 10.8 Å². The summed E-state index contributed by atoms with van der Waals surface area (Å²) in [7, 11) is 0. The summed E-state index contributed by atoms with van der Waals surface area (Å²) in [5, 5.41) is 13.7. The monoisotopic (exact) mass is 513 g/mol. The van der Waals surface area contributed by atoms with Gasteiger partial charge in [-0.15, -0.1) is 0 Å². The van der Waals surface area contributed by atoms with Gasteiger partial charge in [0.05, 0.1) is 18.7 Å². The largest absolute Gasteiger partial charge is 0.375 e. The van der Waals surface area contributed by atoms with Crippen molar-refractivity contribution in [3.63, 3.8) is 0 Å². The van der Waals surface area contributed by atoms with Crippen molar-refractivity contribution in [2.24, 2.45) is 0 Å². The zero-order valence-electron chi connectivity index (χ0n) is 19.0. The number of benzene rings is 4. The first-order chi connectivity index (χ1) is 16.3. The number of amides is 1. The van der Waals surface area contributed by atoms with Gasteiger partial charge in [0, 0.05) is 15.6 Å². The lowest BCUT2D eigenvalue weighted by Gasteiger charge is -2.23. The highest BCUT2D eigenvalue weighted by Crippen LogP contribution is 2.45. The molecule has 1 N–H and O–H groups in total. The molecular weight excluding hydrogens is 490 g/mol. The van der Waals surface area contributed by atoms with E-state index < -0.39 is 11.5 Å². The second-order valence-corrected chi connectivity index (χ2v) is 9.92. The van der Waals surface area contributed by atoms with Gasteiger partial charge in [-0.1, -0.05) is 76.1 Å². The first-order valence-electron chi connectivity index (χ1n) is 11.2. The summed E-state index contributed by atoms with van der Waals surface area (Å²) in [5.41, 5.74) is 2.80. The molecule has 4 aromatic carbocycles. The molecule has 0 unspecified atom stereocenters. The summed E-state index contributed by atoms with van der Waals surface area (Å²) in [6.45, 7) is 4.35. The van der Waals surface area contributed by atoms with Crippen molar-refractivity contribution in [1.82, 2.24) is 0 Å². The molecule has 170 valence electrons. The number of halogens is 1. The fraction of sp³-hybridized carbons (Fsp3) is 0.172. The van der Waals surface area contributed by atoms with Crippen molar-refractivity contribution >= 4 is 44.1 Å². The number of Topliss-reactive ketones (excluding diaryl/α,β-unsaturated/α-hetero) is 1. The van der Waals surface area contributed by atoms with Crippen molar-refractivity contribution in [3.05, 3.63) is 111 Å². The number of hydrogen-bond donors (Lipinski definition) is 1. The van der Waals surface area contributed by atoms with Crippen LogP contribution in [0.4, 0.5) is 5.69 Å². The molecule has 5 rings (SSSR count). The standard InChI is InChI=1S/C29H24BrNO3/c1-18-7-8-19(2)23(13-18)17-31-26-12-11-24(30)15-25(26)29(34,28(31)33)16-27(32)22-10-9-20-5-3-4-6-21(20)14-22/h3-15,34H,16-17H2,1-2H3/t29-/m1/s1. The van der Waals surface area contributed by atoms with Gasteiger partial charge in [0.25, 0.3) is 5.91 Å². The van der Waals surface area contributed by atoms with E-state index in [0.29, 0.717) is 23.4 Å². The Labute approximate surface area is 207 Å². The van der Waals surface area contributed by atoms with E-state index in [1.54, 1.807) is 17.0 Å². The van der Waals surface area contributed by atoms with Crippen LogP contribution in [0, 0.1) is 13.8 Å². The molecule has 0 aromatic heterocycles. The Hall–Kier alpha value is -3.28. The van der Waals surface area contributed by atoms with Crippen LogP contribution in [0.1, 0.15) is 39.0 Å². The predicted octanol–water partition coefficient (Wildman–Crippen LogP) is 6.23. The van der Waals surface area contributed by atoms with Gasteiger partial charge in [-0.25, -0.2) is 0 Å². The maximum absolute atomic E-state index is 13.7. The SMILES string of the molecule is Cc1ccc(C)c(CN2C(=O)[C@@](O)(CC(=O)c3ccc4ccccc4c3)c3cc(Br)ccc32)c1. The maximum Gasteiger partial charge on any atom is 0.264 e. The van der Waals surface area contributed by atoms with Gasteiger partial charge < -0.3 is 10.0 Å². The molecule has 0 radical (unpaired) electrons. The topological polar surface area (TPSA) is 57.6 Å². The first kappa shape index (κ1) is 22.5. The number of carbonyl (C=O) groups is 2. The summed E-state index contributed by atoms with van der Waals surface area (Å²) >= 11 is 3.46. The van der Waals surface area contributed by atoms with Crippen molar-refractivity contribution < 1.29 is 14.7 Å². The van der Waals surface area contributed by atoms with Gasteiger partial charge >= 0.3 is 0 Å². The van der Waals surface area contributed by atoms with E-state index in [4.69, 9.17) is 0 Å². The van der Waals surface area contributed by atoms with E-state index >= 15 is 0 Å². The second kappa shape index (κ2) is 8.49. The Balaban J connectivity index is 1.52. The molecule has 1 aliphatic rings. The third-order valence-electron chi connectivity index (χ3n) is 6.61. The van der Waals surface area contributed by atoms with Crippen LogP contribution < -0.4 is 4.90 Å². The first-order valence-corrected chi connectivity index (χ1v) is 12.0. The fourth-order valence-electron chi connectivity index (χ4n) is 4.69. The highest BCUT2D eigenvalue weighted by Gasteiger charge is 2.51. The Bertz CT molecular complexity index is 1460. The molecule has 34 heavy (non-hydrogen) atoms. The third kappa shape index (κ3) is 3.85. The minimum absolute atomic E-state index is 0.277. The zero-order chi connectivity index (χ0) is 24.0. The summed E-state index contributed by atoms with van der Waals surface area (Å²) in [6, 6.07) is 24.8. The van der Waals surface area contributed by atoms with Crippen molar-refractivity contribution in [2.75, 3.05) is 4.90 Å². The molecule has 4 aromatic rings. The number of ketones is 1. The normalized spacial score (nSPS) is 17.3. The Morgan fingerprint density at radius 2 is 1.71 bits per heavy atom. The molecule has 1 atom stereocenters. The average molecular weight is 514 g/mol. The third-order valence-corrected chi connectivity index (χ3v) is 7.11. The van der Waals surface area contributed by atoms with E-state index in [2.05, 4.69) is 22.0 Å². The smallest absolute Gasteiger partial charge is 0.264 e. The molecule has 4 nitrogen and oxygen atoms in total. The van der Waals surface area contributed by atoms with Crippen LogP contribution in [0.5, 0.6) is 0 Å². The highest BCUT2D eigenvalue weighted by molar-refractivity contribution is 9.10. The van der Waals surface area contributed by atoms with E-state index in [0.717, 1.165) is 31.9 Å². The molecule has 0 saturated heterocycles. The second-order valence-electron chi connectivity index (χ2n) is 9.00. The molecule has 1 amide bonds. The number of anilines is 1. The van der Waals surface area contributed by atoms with E-state index in [1.807, 2.05) is 74.5 Å². The number of hydrogen-bond acceptors (Lipinski definition) is 3. The van der Waals surface area contributed by atoms with E-state index in [1.165, 1.54) is 0 Å². The summed E-state index contributed by atoms with van der Waals surface area (Å²) in [5.74, 6) is -0.753. The zero-order valence-corrected chi connectivity index (χ0v) is 20.6. The fourth-order valence-corrected chi connectivity index (χ4v) is 5.05. The van der Waals surface area contributed by atoms with Crippen molar-refractivity contribution in [2.45, 2.75) is 32.4 Å². The maximum atomic E-state index is 13.7. The average Bonchev–Trinajstić information content (AvgIpc) is 3.02. The summed E-state index contributed by atoms with van der Waals surface area (Å²) in [6.07, 6.45) is -0.322. The molecule has 1 aliphatic heterocycles. The van der Waals surface area contributed by atoms with Crippen molar-refractivity contribution in [3.8, 4) is 0 Å². The van der Waals surface area contributed by atoms with E-state index in [9.17, 15) is 14.7 Å². The van der Waals surface area contributed by atoms with Crippen LogP contribution in [-0.4, -0.2) is 16.8 Å². The number of carbonyl (C=O) groups excluding carboxylic acids is 2. The Morgan fingerprint density at radius 1 is 0.941 bits per heavy atom. The molecule has 0 spiro atoms. The Morgan fingerprint density at radius 3 is 2.50 bits per heavy atom. The summed E-state index contributed by atoms with van der Waals surface area (Å²) in [4.78, 5) is 28.6. The number of rotatable bonds is 5. The summed E-state index contributed by atoms with van der Waals surface area (Å²) < 4.78 is 0.740. The van der Waals surface area contributed by atoms with Gasteiger partial charge in [-0.2, -0.15) is 0 Å². The molecule has 0 bridgehead atoms. The van der Waals surface area contributed by atoms with Crippen LogP contribution in [0.15, 0.2) is 83.3 Å². The van der Waals surface area contributed by atoms with Crippen LogP contribution >= 0.6 is 15.9 Å². The highest BCUT2D eigenvalue weighted by atomic mass is 79.9. The van der Waals surface area contributed by atoms with Crippen LogP contribution in [-0.2, 0) is 16.9 Å². The molecule has 0 fully saturated rings. The van der Waals surface area contributed by atoms with Gasteiger partial charge in [-0.05, 0) is 60.0 Å². The number of nitrogens with zero attached hydrogens (tertiary/aromatic N) is 1. The van der Waals surface area contributed by atoms with Crippen LogP contribution in [0.2, 0.25) is 0 Å². The number of fused-ring (bicyclic) bond motifs is 2. The quantitative estimate of drug-likeness (QED) is 0.322. The molecule has 1 heterocycles. The van der Waals surface area contributed by atoms with Gasteiger partial charge in [0.2, 0.25) is 0 Å². The molecule has 0 aliphatic carbocycles. The van der Waals surface area contributed by atoms with Gasteiger partial charge in [0.15, 0.2) is 11.4 Å². The van der Waals surface area contributed by atoms with Gasteiger partial charge in [-0.3, -0.25) is 9.59 Å². The minimum Gasteiger partial charge on any atom is -0.375 e. The van der Waals surface area contributed by atoms with Gasteiger partial charge in [0.1, 0.15) is 0 Å². The molecular formula is C29H24BrNO3.